The first kappa shape index (κ1) is 16.7. The molecule has 7 heteroatoms. The highest BCUT2D eigenvalue weighted by Crippen LogP contribution is 2.17. The van der Waals surface area contributed by atoms with Crippen molar-refractivity contribution in [2.75, 3.05) is 26.2 Å². The van der Waals surface area contributed by atoms with Crippen LogP contribution in [0.2, 0.25) is 0 Å². The molecule has 0 saturated carbocycles. The van der Waals surface area contributed by atoms with Crippen LogP contribution in [0, 0.1) is 0 Å². The largest absolute Gasteiger partial charge is 0.469 e. The summed E-state index contributed by atoms with van der Waals surface area (Å²) in [5.41, 5.74) is 0. The monoisotopic (exact) mass is 348 g/mol. The van der Waals surface area contributed by atoms with Crippen LogP contribution in [-0.2, 0) is 21.2 Å². The van der Waals surface area contributed by atoms with Gasteiger partial charge in [0.2, 0.25) is 15.9 Å². The van der Waals surface area contributed by atoms with E-state index >= 15 is 0 Å². The molecule has 3 rings (SSSR count). The Morgan fingerprint density at radius 1 is 1.00 bits per heavy atom. The number of hydrogen-bond donors (Lipinski definition) is 0. The summed E-state index contributed by atoms with van der Waals surface area (Å²) < 4.78 is 31.8. The summed E-state index contributed by atoms with van der Waals surface area (Å²) in [6.07, 6.45) is 2.53. The molecular formula is C17H20N2O4S. The second-order valence-electron chi connectivity index (χ2n) is 5.68. The number of hydrogen-bond acceptors (Lipinski definition) is 4. The van der Waals surface area contributed by atoms with Crippen molar-refractivity contribution in [3.8, 4) is 0 Å². The Kier molecular flexibility index (Phi) is 5.01. The van der Waals surface area contributed by atoms with Gasteiger partial charge in [-0.3, -0.25) is 4.79 Å². The molecule has 0 N–H and O–H groups in total. The number of sulfonamides is 1. The van der Waals surface area contributed by atoms with Gasteiger partial charge in [-0.1, -0.05) is 18.2 Å². The van der Waals surface area contributed by atoms with Crippen LogP contribution in [0.1, 0.15) is 12.2 Å². The zero-order valence-electron chi connectivity index (χ0n) is 13.3. The zero-order valence-corrected chi connectivity index (χ0v) is 14.1. The third kappa shape index (κ3) is 3.68. The van der Waals surface area contributed by atoms with Gasteiger partial charge < -0.3 is 9.32 Å². The fourth-order valence-corrected chi connectivity index (χ4v) is 4.21. The Labute approximate surface area is 141 Å². The van der Waals surface area contributed by atoms with Gasteiger partial charge in [0.1, 0.15) is 5.76 Å². The molecule has 0 spiro atoms. The van der Waals surface area contributed by atoms with E-state index in [9.17, 15) is 13.2 Å². The van der Waals surface area contributed by atoms with Crippen LogP contribution >= 0.6 is 0 Å². The fourth-order valence-electron chi connectivity index (χ4n) is 2.76. The molecule has 0 atom stereocenters. The van der Waals surface area contributed by atoms with Crippen molar-refractivity contribution in [2.24, 2.45) is 0 Å². The Balaban J connectivity index is 1.54. The minimum absolute atomic E-state index is 0.0307. The lowest BCUT2D eigenvalue weighted by Gasteiger charge is -2.34. The maximum Gasteiger partial charge on any atom is 0.243 e. The van der Waals surface area contributed by atoms with Crippen molar-refractivity contribution in [3.05, 3.63) is 54.5 Å². The topological polar surface area (TPSA) is 70.8 Å². The molecule has 1 aliphatic heterocycles. The molecule has 0 bridgehead atoms. The van der Waals surface area contributed by atoms with Crippen molar-refractivity contribution in [3.63, 3.8) is 0 Å². The van der Waals surface area contributed by atoms with E-state index in [0.717, 1.165) is 5.76 Å². The van der Waals surface area contributed by atoms with Crippen LogP contribution in [0.25, 0.3) is 0 Å². The van der Waals surface area contributed by atoms with Crippen molar-refractivity contribution < 1.29 is 17.6 Å². The number of aryl methyl sites for hydroxylation is 1. The SMILES string of the molecule is O=C(CCc1ccco1)N1CCN(S(=O)(=O)c2ccccc2)CC1. The molecule has 1 saturated heterocycles. The smallest absolute Gasteiger partial charge is 0.243 e. The van der Waals surface area contributed by atoms with E-state index in [-0.39, 0.29) is 5.91 Å². The van der Waals surface area contributed by atoms with Crippen LogP contribution in [0.4, 0.5) is 0 Å². The molecule has 24 heavy (non-hydrogen) atoms. The fraction of sp³-hybridized carbons (Fsp3) is 0.353. The standard InChI is InChI=1S/C17H20N2O4S/c20-17(9-8-15-5-4-14-23-15)18-10-12-19(13-11-18)24(21,22)16-6-2-1-3-7-16/h1-7,14H,8-13H2. The van der Waals surface area contributed by atoms with Crippen LogP contribution in [0.5, 0.6) is 0 Å². The third-order valence-electron chi connectivity index (χ3n) is 4.14. The minimum atomic E-state index is -3.48. The van der Waals surface area contributed by atoms with E-state index in [0.29, 0.717) is 43.9 Å². The van der Waals surface area contributed by atoms with Crippen molar-refractivity contribution in [2.45, 2.75) is 17.7 Å². The molecule has 1 fully saturated rings. The molecule has 2 heterocycles. The Morgan fingerprint density at radius 2 is 1.71 bits per heavy atom. The molecule has 6 nitrogen and oxygen atoms in total. The Morgan fingerprint density at radius 3 is 2.33 bits per heavy atom. The highest BCUT2D eigenvalue weighted by Gasteiger charge is 2.29. The first-order valence-corrected chi connectivity index (χ1v) is 9.37. The van der Waals surface area contributed by atoms with Crippen molar-refractivity contribution in [1.29, 1.82) is 0 Å². The number of benzene rings is 1. The Hall–Kier alpha value is -2.12. The lowest BCUT2D eigenvalue weighted by Crippen LogP contribution is -2.50. The molecule has 128 valence electrons. The summed E-state index contributed by atoms with van der Waals surface area (Å²) in [5, 5.41) is 0. The molecule has 1 aromatic heterocycles. The van der Waals surface area contributed by atoms with E-state index in [4.69, 9.17) is 4.42 Å². The average molecular weight is 348 g/mol. The molecule has 1 amide bonds. The van der Waals surface area contributed by atoms with Gasteiger partial charge in [-0.2, -0.15) is 4.31 Å². The van der Waals surface area contributed by atoms with Crippen LogP contribution < -0.4 is 0 Å². The first-order chi connectivity index (χ1) is 11.6. The molecule has 0 aliphatic carbocycles. The van der Waals surface area contributed by atoms with E-state index in [1.54, 1.807) is 47.6 Å². The van der Waals surface area contributed by atoms with E-state index in [2.05, 4.69) is 0 Å². The van der Waals surface area contributed by atoms with Gasteiger partial charge in [0.25, 0.3) is 0 Å². The number of furan rings is 1. The van der Waals surface area contributed by atoms with Gasteiger partial charge in [-0.15, -0.1) is 0 Å². The quantitative estimate of drug-likeness (QED) is 0.825. The van der Waals surface area contributed by atoms with Gasteiger partial charge in [0.15, 0.2) is 0 Å². The van der Waals surface area contributed by atoms with Crippen LogP contribution in [0.15, 0.2) is 58.0 Å². The second-order valence-corrected chi connectivity index (χ2v) is 7.62. The molecule has 2 aromatic rings. The normalized spacial score (nSPS) is 16.2. The summed E-state index contributed by atoms with van der Waals surface area (Å²) >= 11 is 0. The summed E-state index contributed by atoms with van der Waals surface area (Å²) in [4.78, 5) is 14.3. The van der Waals surface area contributed by atoms with Gasteiger partial charge in [0.05, 0.1) is 11.2 Å². The van der Waals surface area contributed by atoms with E-state index < -0.39 is 10.0 Å². The highest BCUT2D eigenvalue weighted by atomic mass is 32.2. The van der Waals surface area contributed by atoms with Crippen LogP contribution in [0.3, 0.4) is 0 Å². The number of rotatable bonds is 5. The lowest BCUT2D eigenvalue weighted by molar-refractivity contribution is -0.132. The summed E-state index contributed by atoms with van der Waals surface area (Å²) in [6.45, 7) is 1.49. The first-order valence-electron chi connectivity index (χ1n) is 7.93. The van der Waals surface area contributed by atoms with Crippen molar-refractivity contribution >= 4 is 15.9 Å². The Bertz CT molecular complexity index is 764. The van der Waals surface area contributed by atoms with Gasteiger partial charge >= 0.3 is 0 Å². The third-order valence-corrected chi connectivity index (χ3v) is 6.05. The molecular weight excluding hydrogens is 328 g/mol. The maximum absolute atomic E-state index is 12.6. The zero-order chi connectivity index (χ0) is 17.0. The maximum atomic E-state index is 12.6. The number of piperazine rings is 1. The van der Waals surface area contributed by atoms with Crippen molar-refractivity contribution in [1.82, 2.24) is 9.21 Å². The number of nitrogens with zero attached hydrogens (tertiary/aromatic N) is 2. The van der Waals surface area contributed by atoms with E-state index in [1.807, 2.05) is 6.07 Å². The minimum Gasteiger partial charge on any atom is -0.469 e. The van der Waals surface area contributed by atoms with E-state index in [1.165, 1.54) is 4.31 Å². The van der Waals surface area contributed by atoms with Gasteiger partial charge in [0, 0.05) is 39.0 Å². The molecule has 1 aliphatic rings. The highest BCUT2D eigenvalue weighted by molar-refractivity contribution is 7.89. The van der Waals surface area contributed by atoms with Crippen LogP contribution in [-0.4, -0.2) is 49.7 Å². The predicted molar refractivity (Wildman–Crippen MR) is 88.8 cm³/mol. The molecule has 0 unspecified atom stereocenters. The molecule has 0 radical (unpaired) electrons. The summed E-state index contributed by atoms with van der Waals surface area (Å²) in [7, 11) is -3.48. The predicted octanol–water partition coefficient (Wildman–Crippen LogP) is 1.75. The average Bonchev–Trinajstić information content (AvgIpc) is 3.14. The summed E-state index contributed by atoms with van der Waals surface area (Å²) in [6, 6.07) is 12.0. The second kappa shape index (κ2) is 7.19. The summed E-state index contributed by atoms with van der Waals surface area (Å²) in [5.74, 6) is 0.816. The number of carbonyl (C=O) groups is 1. The van der Waals surface area contributed by atoms with Gasteiger partial charge in [-0.05, 0) is 24.3 Å². The van der Waals surface area contributed by atoms with Gasteiger partial charge in [-0.25, -0.2) is 8.42 Å². The number of carbonyl (C=O) groups excluding carboxylic acids is 1. The molecule has 1 aromatic carbocycles. The lowest BCUT2D eigenvalue weighted by atomic mass is 10.2. The number of amides is 1.